The Morgan fingerprint density at radius 2 is 1.90 bits per heavy atom. The number of hydrogen-bond donors (Lipinski definition) is 1. The summed E-state index contributed by atoms with van der Waals surface area (Å²) in [6.45, 7) is 5.49. The molecule has 9 nitrogen and oxygen atoms in total. The van der Waals surface area contributed by atoms with Crippen LogP contribution in [0, 0.1) is 6.92 Å². The van der Waals surface area contributed by atoms with Crippen LogP contribution in [0.15, 0.2) is 22.4 Å². The largest absolute Gasteiger partial charge is 0.363 e. The average Bonchev–Trinajstić information content (AvgIpc) is 3.16. The Balaban J connectivity index is 1.68. The van der Waals surface area contributed by atoms with Crippen molar-refractivity contribution in [2.75, 3.05) is 50.1 Å². The number of rotatable bonds is 6. The van der Waals surface area contributed by atoms with E-state index in [2.05, 4.69) is 15.3 Å². The van der Waals surface area contributed by atoms with E-state index >= 15 is 0 Å². The van der Waals surface area contributed by atoms with Gasteiger partial charge in [0.05, 0.1) is 6.54 Å². The van der Waals surface area contributed by atoms with Crippen molar-refractivity contribution in [2.45, 2.75) is 24.6 Å². The third-order valence-corrected chi connectivity index (χ3v) is 8.00. The number of piperazine rings is 1. The lowest BCUT2D eigenvalue weighted by molar-refractivity contribution is -0.119. The van der Waals surface area contributed by atoms with Crippen LogP contribution in [0.4, 0.5) is 11.8 Å². The molecule has 2 aromatic rings. The van der Waals surface area contributed by atoms with Crippen molar-refractivity contribution in [3.8, 4) is 0 Å². The van der Waals surface area contributed by atoms with Gasteiger partial charge in [-0.15, -0.1) is 11.3 Å². The molecule has 0 radical (unpaired) electrons. The lowest BCUT2D eigenvalue weighted by Gasteiger charge is -2.34. The van der Waals surface area contributed by atoms with E-state index < -0.39 is 10.0 Å². The van der Waals surface area contributed by atoms with Crippen molar-refractivity contribution in [3.05, 3.63) is 28.8 Å². The highest BCUT2D eigenvalue weighted by Crippen LogP contribution is 2.26. The van der Waals surface area contributed by atoms with E-state index in [1.165, 1.54) is 22.6 Å². The number of anilines is 2. The average molecular weight is 439 g/mol. The van der Waals surface area contributed by atoms with Crippen LogP contribution in [0.5, 0.6) is 0 Å². The van der Waals surface area contributed by atoms with Gasteiger partial charge in [0.25, 0.3) is 10.0 Å². The molecule has 0 saturated carbocycles. The van der Waals surface area contributed by atoms with Crippen LogP contribution in [0.2, 0.25) is 0 Å². The molecule has 0 aromatic carbocycles. The molecule has 1 amide bonds. The first-order chi connectivity index (χ1) is 13.7. The third kappa shape index (κ3) is 5.03. The first-order valence-corrected chi connectivity index (χ1v) is 11.5. The Morgan fingerprint density at radius 1 is 1.21 bits per heavy atom. The second-order valence-electron chi connectivity index (χ2n) is 7.08. The maximum atomic E-state index is 13.0. The van der Waals surface area contributed by atoms with Gasteiger partial charge in [-0.25, -0.2) is 13.4 Å². The highest BCUT2D eigenvalue weighted by Gasteiger charge is 2.30. The summed E-state index contributed by atoms with van der Waals surface area (Å²) in [4.78, 5) is 24.9. The molecule has 0 unspecified atom stereocenters. The highest BCUT2D eigenvalue weighted by molar-refractivity contribution is 7.91. The maximum Gasteiger partial charge on any atom is 0.252 e. The Hall–Kier alpha value is -2.24. The molecule has 1 aliphatic heterocycles. The normalized spacial score (nSPS) is 15.4. The molecular formula is C18H26N6O3S2. The molecule has 1 N–H and O–H groups in total. The molecule has 2 aromatic heterocycles. The first-order valence-electron chi connectivity index (χ1n) is 9.28. The lowest BCUT2D eigenvalue weighted by Crippen LogP contribution is -2.49. The first kappa shape index (κ1) is 21.5. The fourth-order valence-corrected chi connectivity index (χ4v) is 5.84. The molecule has 0 bridgehead atoms. The standard InChI is InChI=1S/C18H26N6O3S2/c1-13-11-16(22(3)4)21-18(20-13)23-7-9-24(10-8-23)29(26,27)17-6-5-15(28-17)12-19-14(2)25/h5-6,11H,7-10,12H2,1-4H3,(H,19,25). The van der Waals surface area contributed by atoms with Crippen molar-refractivity contribution in [3.63, 3.8) is 0 Å². The summed E-state index contributed by atoms with van der Waals surface area (Å²) in [5.41, 5.74) is 0.874. The molecule has 0 atom stereocenters. The van der Waals surface area contributed by atoms with E-state index in [4.69, 9.17) is 0 Å². The van der Waals surface area contributed by atoms with Crippen molar-refractivity contribution in [2.24, 2.45) is 0 Å². The summed E-state index contributed by atoms with van der Waals surface area (Å²) in [7, 11) is 0.304. The van der Waals surface area contributed by atoms with Gasteiger partial charge in [-0.1, -0.05) is 0 Å². The number of amides is 1. The predicted octanol–water partition coefficient (Wildman–Crippen LogP) is 1.06. The minimum Gasteiger partial charge on any atom is -0.363 e. The van der Waals surface area contributed by atoms with E-state index in [0.29, 0.717) is 42.9 Å². The van der Waals surface area contributed by atoms with Gasteiger partial charge < -0.3 is 15.1 Å². The van der Waals surface area contributed by atoms with E-state index in [9.17, 15) is 13.2 Å². The molecule has 1 fully saturated rings. The third-order valence-electron chi connectivity index (χ3n) is 4.55. The van der Waals surface area contributed by atoms with Crippen molar-refractivity contribution in [1.82, 2.24) is 19.6 Å². The minimum atomic E-state index is -3.55. The van der Waals surface area contributed by atoms with Gasteiger partial charge in [0, 0.05) is 63.8 Å². The number of carbonyl (C=O) groups is 1. The van der Waals surface area contributed by atoms with E-state index in [1.807, 2.05) is 36.9 Å². The molecular weight excluding hydrogens is 412 g/mol. The van der Waals surface area contributed by atoms with Crippen LogP contribution >= 0.6 is 11.3 Å². The zero-order valence-electron chi connectivity index (χ0n) is 17.0. The highest BCUT2D eigenvalue weighted by atomic mass is 32.2. The van der Waals surface area contributed by atoms with Crippen LogP contribution in [-0.2, 0) is 21.4 Å². The number of thiophene rings is 1. The number of carbonyl (C=O) groups excluding carboxylic acids is 1. The minimum absolute atomic E-state index is 0.144. The van der Waals surface area contributed by atoms with Gasteiger partial charge in [0.1, 0.15) is 10.0 Å². The Labute approximate surface area is 175 Å². The fourth-order valence-electron chi connectivity index (χ4n) is 2.97. The summed E-state index contributed by atoms with van der Waals surface area (Å²) in [5, 5.41) is 2.69. The maximum absolute atomic E-state index is 13.0. The molecule has 1 aliphatic rings. The molecule has 0 spiro atoms. The quantitative estimate of drug-likeness (QED) is 0.720. The SMILES string of the molecule is CC(=O)NCc1ccc(S(=O)(=O)N2CCN(c3nc(C)cc(N(C)C)n3)CC2)s1. The van der Waals surface area contributed by atoms with Crippen molar-refractivity contribution >= 4 is 39.0 Å². The zero-order chi connectivity index (χ0) is 21.2. The molecule has 158 valence electrons. The van der Waals surface area contributed by atoms with Crippen LogP contribution < -0.4 is 15.1 Å². The van der Waals surface area contributed by atoms with Gasteiger partial charge in [-0.05, 0) is 19.1 Å². The van der Waals surface area contributed by atoms with Crippen LogP contribution in [0.1, 0.15) is 17.5 Å². The number of nitrogens with one attached hydrogen (secondary N) is 1. The summed E-state index contributed by atoms with van der Waals surface area (Å²) in [5.74, 6) is 1.31. The number of nitrogens with zero attached hydrogens (tertiary/aromatic N) is 5. The predicted molar refractivity (Wildman–Crippen MR) is 114 cm³/mol. The summed E-state index contributed by atoms with van der Waals surface area (Å²) >= 11 is 1.19. The Bertz CT molecular complexity index is 981. The van der Waals surface area contributed by atoms with Crippen LogP contribution in [-0.4, -0.2) is 68.9 Å². The second kappa shape index (κ2) is 8.64. The topological polar surface area (TPSA) is 98.7 Å². The lowest BCUT2D eigenvalue weighted by atomic mass is 10.3. The smallest absolute Gasteiger partial charge is 0.252 e. The Morgan fingerprint density at radius 3 is 2.52 bits per heavy atom. The van der Waals surface area contributed by atoms with Gasteiger partial charge in [-0.2, -0.15) is 9.29 Å². The second-order valence-corrected chi connectivity index (χ2v) is 10.4. The number of hydrogen-bond acceptors (Lipinski definition) is 8. The van der Waals surface area contributed by atoms with Crippen molar-refractivity contribution in [1.29, 1.82) is 0 Å². The van der Waals surface area contributed by atoms with E-state index in [-0.39, 0.29) is 5.91 Å². The van der Waals surface area contributed by atoms with Crippen molar-refractivity contribution < 1.29 is 13.2 Å². The molecule has 29 heavy (non-hydrogen) atoms. The number of sulfonamides is 1. The van der Waals surface area contributed by atoms with E-state index in [1.54, 1.807) is 12.1 Å². The van der Waals surface area contributed by atoms with Crippen LogP contribution in [0.25, 0.3) is 0 Å². The fraction of sp³-hybridized carbons (Fsp3) is 0.500. The summed E-state index contributed by atoms with van der Waals surface area (Å²) in [6.07, 6.45) is 0. The zero-order valence-corrected chi connectivity index (χ0v) is 18.7. The summed E-state index contributed by atoms with van der Waals surface area (Å²) in [6, 6.07) is 5.27. The number of aromatic nitrogens is 2. The van der Waals surface area contributed by atoms with Crippen LogP contribution in [0.3, 0.4) is 0 Å². The van der Waals surface area contributed by atoms with Gasteiger partial charge >= 0.3 is 0 Å². The monoisotopic (exact) mass is 438 g/mol. The molecule has 3 heterocycles. The molecule has 1 saturated heterocycles. The van der Waals surface area contributed by atoms with Gasteiger partial charge in [0.2, 0.25) is 11.9 Å². The molecule has 11 heteroatoms. The Kier molecular flexibility index (Phi) is 6.39. The number of aryl methyl sites for hydroxylation is 1. The van der Waals surface area contributed by atoms with Gasteiger partial charge in [-0.3, -0.25) is 4.79 Å². The van der Waals surface area contributed by atoms with Gasteiger partial charge in [0.15, 0.2) is 0 Å². The van der Waals surface area contributed by atoms with E-state index in [0.717, 1.165) is 16.4 Å². The molecule has 3 rings (SSSR count). The molecule has 0 aliphatic carbocycles. The summed E-state index contributed by atoms with van der Waals surface area (Å²) < 4.78 is 27.7.